The maximum absolute atomic E-state index is 4.19. The first-order chi connectivity index (χ1) is 5.72. The molecule has 2 heteroatoms. The normalized spacial score (nSPS) is 10.4. The Labute approximate surface area is 81.0 Å². The number of hydrogen-bond acceptors (Lipinski definition) is 2. The highest BCUT2D eigenvalue weighted by atomic mass is 32.1. The summed E-state index contributed by atoms with van der Waals surface area (Å²) in [6.07, 6.45) is 5.64. The summed E-state index contributed by atoms with van der Waals surface area (Å²) in [6.45, 7) is 11.7. The molecule has 0 aromatic rings. The zero-order chi connectivity index (χ0) is 9.98. The summed E-state index contributed by atoms with van der Waals surface area (Å²) in [7, 11) is 1.83. The lowest BCUT2D eigenvalue weighted by Crippen LogP contribution is -1.93. The van der Waals surface area contributed by atoms with Crippen LogP contribution in [0, 0.1) is 0 Å². The van der Waals surface area contributed by atoms with Crippen LogP contribution >= 0.6 is 12.6 Å². The first kappa shape index (κ1) is 13.7. The van der Waals surface area contributed by atoms with E-state index in [9.17, 15) is 0 Å². The zero-order valence-electron chi connectivity index (χ0n) is 7.80. The standard InChI is InChI=1S/C8H13NS.C2H4/c1-4-5-7(2)8(10)6-9-3;1-2/h4-6,9-10H,2H2,1,3H3;1-2H2/b5-4-,8-6-;. The molecule has 0 rings (SSSR count). The van der Waals surface area contributed by atoms with Crippen LogP contribution in [-0.4, -0.2) is 7.05 Å². The van der Waals surface area contributed by atoms with Crippen molar-refractivity contribution in [3.8, 4) is 0 Å². The zero-order valence-corrected chi connectivity index (χ0v) is 8.70. The van der Waals surface area contributed by atoms with Gasteiger partial charge >= 0.3 is 0 Å². The van der Waals surface area contributed by atoms with Gasteiger partial charge in [0.15, 0.2) is 0 Å². The van der Waals surface area contributed by atoms with Gasteiger partial charge in [-0.1, -0.05) is 18.7 Å². The number of thiol groups is 1. The molecule has 68 valence electrons. The van der Waals surface area contributed by atoms with E-state index in [2.05, 4.69) is 37.7 Å². The van der Waals surface area contributed by atoms with E-state index in [1.165, 1.54) is 0 Å². The maximum atomic E-state index is 4.19. The molecule has 1 nitrogen and oxygen atoms in total. The van der Waals surface area contributed by atoms with E-state index in [4.69, 9.17) is 0 Å². The molecule has 0 heterocycles. The van der Waals surface area contributed by atoms with E-state index in [0.29, 0.717) is 0 Å². The van der Waals surface area contributed by atoms with Gasteiger partial charge in [-0.05, 0) is 12.5 Å². The van der Waals surface area contributed by atoms with Gasteiger partial charge in [0.25, 0.3) is 0 Å². The van der Waals surface area contributed by atoms with Crippen LogP contribution in [0.1, 0.15) is 6.92 Å². The lowest BCUT2D eigenvalue weighted by atomic mass is 10.3. The smallest absolute Gasteiger partial charge is 0.0264 e. The van der Waals surface area contributed by atoms with Crippen molar-refractivity contribution < 1.29 is 0 Å². The molecule has 0 spiro atoms. The summed E-state index contributed by atoms with van der Waals surface area (Å²) in [5, 5.41) is 2.87. The van der Waals surface area contributed by atoms with Gasteiger partial charge in [-0.2, -0.15) is 0 Å². The van der Waals surface area contributed by atoms with Crippen molar-refractivity contribution in [2.24, 2.45) is 0 Å². The minimum absolute atomic E-state index is 0.862. The fourth-order valence-corrected chi connectivity index (χ4v) is 0.720. The predicted octanol–water partition coefficient (Wildman–Crippen LogP) is 2.91. The summed E-state index contributed by atoms with van der Waals surface area (Å²) in [5.41, 5.74) is 0.917. The van der Waals surface area contributed by atoms with Gasteiger partial charge in [-0.3, -0.25) is 0 Å². The van der Waals surface area contributed by atoms with Gasteiger partial charge in [-0.15, -0.1) is 25.8 Å². The lowest BCUT2D eigenvalue weighted by Gasteiger charge is -1.97. The second kappa shape index (κ2) is 10.1. The summed E-state index contributed by atoms with van der Waals surface area (Å²) < 4.78 is 0. The van der Waals surface area contributed by atoms with Crippen LogP contribution in [-0.2, 0) is 0 Å². The predicted molar refractivity (Wildman–Crippen MR) is 61.3 cm³/mol. The highest BCUT2D eigenvalue weighted by molar-refractivity contribution is 7.84. The number of allylic oxidation sites excluding steroid dienone is 3. The fourth-order valence-electron chi connectivity index (χ4n) is 0.516. The molecular weight excluding hydrogens is 166 g/mol. The topological polar surface area (TPSA) is 12.0 Å². The van der Waals surface area contributed by atoms with Crippen molar-refractivity contribution in [3.05, 3.63) is 48.6 Å². The van der Waals surface area contributed by atoms with Gasteiger partial charge < -0.3 is 5.32 Å². The highest BCUT2D eigenvalue weighted by Gasteiger charge is 1.89. The Morgan fingerprint density at radius 3 is 2.25 bits per heavy atom. The SMILES string of the molecule is C=C.C=C(/C=C\C)/C(S)=C/NC. The molecule has 0 atom stereocenters. The Morgan fingerprint density at radius 2 is 1.92 bits per heavy atom. The quantitative estimate of drug-likeness (QED) is 0.389. The van der Waals surface area contributed by atoms with Crippen molar-refractivity contribution in [2.45, 2.75) is 6.92 Å². The Kier molecular flexibility index (Phi) is 11.5. The molecule has 0 saturated heterocycles. The van der Waals surface area contributed by atoms with Gasteiger partial charge in [0, 0.05) is 18.2 Å². The van der Waals surface area contributed by atoms with Gasteiger partial charge in [0.2, 0.25) is 0 Å². The molecule has 0 aliphatic carbocycles. The van der Waals surface area contributed by atoms with E-state index in [-0.39, 0.29) is 0 Å². The molecule has 0 bridgehead atoms. The summed E-state index contributed by atoms with van der Waals surface area (Å²) in [4.78, 5) is 0.862. The van der Waals surface area contributed by atoms with Gasteiger partial charge in [-0.25, -0.2) is 0 Å². The van der Waals surface area contributed by atoms with Crippen molar-refractivity contribution in [1.82, 2.24) is 5.32 Å². The van der Waals surface area contributed by atoms with Crippen molar-refractivity contribution in [3.63, 3.8) is 0 Å². The van der Waals surface area contributed by atoms with Gasteiger partial charge in [0.05, 0.1) is 0 Å². The van der Waals surface area contributed by atoms with Crippen LogP contribution in [0.2, 0.25) is 0 Å². The average molecular weight is 183 g/mol. The summed E-state index contributed by atoms with van der Waals surface area (Å²) >= 11 is 4.19. The molecule has 12 heavy (non-hydrogen) atoms. The Morgan fingerprint density at radius 1 is 1.42 bits per heavy atom. The maximum Gasteiger partial charge on any atom is 0.0264 e. The Hall–Kier alpha value is -0.890. The minimum atomic E-state index is 0.862. The van der Waals surface area contributed by atoms with Crippen LogP contribution in [0.25, 0.3) is 0 Å². The Balaban J connectivity index is 0. The monoisotopic (exact) mass is 183 g/mol. The van der Waals surface area contributed by atoms with Crippen molar-refractivity contribution >= 4 is 12.6 Å². The molecule has 0 aliphatic rings. The molecule has 1 N–H and O–H groups in total. The van der Waals surface area contributed by atoms with E-state index in [1.807, 2.05) is 26.1 Å². The van der Waals surface area contributed by atoms with Crippen LogP contribution < -0.4 is 5.32 Å². The highest BCUT2D eigenvalue weighted by Crippen LogP contribution is 2.11. The third kappa shape index (κ3) is 7.22. The van der Waals surface area contributed by atoms with Crippen LogP contribution in [0.15, 0.2) is 48.6 Å². The number of nitrogens with one attached hydrogen (secondary N) is 1. The third-order valence-corrected chi connectivity index (χ3v) is 1.39. The summed E-state index contributed by atoms with van der Waals surface area (Å²) in [5.74, 6) is 0. The lowest BCUT2D eigenvalue weighted by molar-refractivity contribution is 1.10. The molecule has 0 radical (unpaired) electrons. The first-order valence-electron chi connectivity index (χ1n) is 3.60. The van der Waals surface area contributed by atoms with Crippen LogP contribution in [0.4, 0.5) is 0 Å². The van der Waals surface area contributed by atoms with E-state index >= 15 is 0 Å². The molecule has 0 amide bonds. The van der Waals surface area contributed by atoms with E-state index < -0.39 is 0 Å². The van der Waals surface area contributed by atoms with Crippen LogP contribution in [0.3, 0.4) is 0 Å². The fraction of sp³-hybridized carbons (Fsp3) is 0.200. The first-order valence-corrected chi connectivity index (χ1v) is 4.05. The van der Waals surface area contributed by atoms with Gasteiger partial charge in [0.1, 0.15) is 0 Å². The summed E-state index contributed by atoms with van der Waals surface area (Å²) in [6, 6.07) is 0. The van der Waals surface area contributed by atoms with Crippen molar-refractivity contribution in [2.75, 3.05) is 7.05 Å². The van der Waals surface area contributed by atoms with E-state index in [1.54, 1.807) is 6.20 Å². The molecule has 0 aliphatic heterocycles. The second-order valence-corrected chi connectivity index (χ2v) is 2.33. The molecule has 0 unspecified atom stereocenters. The minimum Gasteiger partial charge on any atom is -0.393 e. The molecular formula is C10H17NS. The van der Waals surface area contributed by atoms with Crippen molar-refractivity contribution in [1.29, 1.82) is 0 Å². The molecule has 0 saturated carbocycles. The molecule has 0 aromatic carbocycles. The second-order valence-electron chi connectivity index (χ2n) is 1.84. The number of hydrogen-bond donors (Lipinski definition) is 2. The number of rotatable bonds is 3. The van der Waals surface area contributed by atoms with E-state index in [0.717, 1.165) is 10.5 Å². The Bertz CT molecular complexity index is 180. The molecule has 0 aromatic heterocycles. The average Bonchev–Trinajstić information content (AvgIpc) is 2.09. The molecule has 0 fully saturated rings. The largest absolute Gasteiger partial charge is 0.393 e. The third-order valence-electron chi connectivity index (χ3n) is 0.978. The van der Waals surface area contributed by atoms with Crippen LogP contribution in [0.5, 0.6) is 0 Å².